The maximum atomic E-state index is 13.4. The fourth-order valence-corrected chi connectivity index (χ4v) is 6.25. The summed E-state index contributed by atoms with van der Waals surface area (Å²) in [5.74, 6) is 2.71. The summed E-state index contributed by atoms with van der Waals surface area (Å²) in [7, 11) is 0. The van der Waals surface area contributed by atoms with Crippen LogP contribution >= 0.6 is 0 Å². The van der Waals surface area contributed by atoms with E-state index in [9.17, 15) is 9.59 Å². The second kappa shape index (κ2) is 5.24. The standard InChI is InChI=1S/C18H28N2O2/c1-2-19-16(21)15-4-3-5-20(15)17(22)18-9-12-6-13(10-18)8-14(7-12)11-18/h12-15H,2-11H2,1H3,(H,19,21)/t12?,13?,14?,15-,18?/m1/s1. The second-order valence-electron chi connectivity index (χ2n) is 8.25. The van der Waals surface area contributed by atoms with Gasteiger partial charge in [0.25, 0.3) is 0 Å². The monoisotopic (exact) mass is 304 g/mol. The summed E-state index contributed by atoms with van der Waals surface area (Å²) in [6.07, 6.45) is 9.15. The van der Waals surface area contributed by atoms with Crippen molar-refractivity contribution in [1.82, 2.24) is 10.2 Å². The molecule has 1 aliphatic heterocycles. The van der Waals surface area contributed by atoms with Gasteiger partial charge in [0.2, 0.25) is 11.8 Å². The number of nitrogens with zero attached hydrogens (tertiary/aromatic N) is 1. The van der Waals surface area contributed by atoms with Gasteiger partial charge in [0.1, 0.15) is 6.04 Å². The third-order valence-electron chi connectivity index (χ3n) is 6.66. The number of carbonyl (C=O) groups is 2. The average molecular weight is 304 g/mol. The fraction of sp³-hybridized carbons (Fsp3) is 0.889. The molecule has 4 heteroatoms. The van der Waals surface area contributed by atoms with Crippen molar-refractivity contribution in [3.8, 4) is 0 Å². The Balaban J connectivity index is 1.55. The van der Waals surface area contributed by atoms with Crippen LogP contribution in [0.25, 0.3) is 0 Å². The lowest BCUT2D eigenvalue weighted by atomic mass is 9.49. The van der Waals surface area contributed by atoms with Gasteiger partial charge >= 0.3 is 0 Å². The van der Waals surface area contributed by atoms with Gasteiger partial charge in [-0.05, 0) is 76.0 Å². The Labute approximate surface area is 133 Å². The first kappa shape index (κ1) is 14.5. The van der Waals surface area contributed by atoms with E-state index in [1.165, 1.54) is 19.3 Å². The molecule has 0 aromatic heterocycles. The van der Waals surface area contributed by atoms with Gasteiger partial charge in [-0.2, -0.15) is 0 Å². The maximum absolute atomic E-state index is 13.4. The lowest BCUT2D eigenvalue weighted by Gasteiger charge is -2.56. The Hall–Kier alpha value is -1.06. The number of likely N-dealkylation sites (tertiary alicyclic amines) is 1. The molecule has 5 fully saturated rings. The third kappa shape index (κ3) is 2.17. The zero-order chi connectivity index (χ0) is 15.3. The van der Waals surface area contributed by atoms with Crippen molar-refractivity contribution < 1.29 is 9.59 Å². The Morgan fingerprint density at radius 3 is 2.23 bits per heavy atom. The highest BCUT2D eigenvalue weighted by atomic mass is 16.2. The Bertz CT molecular complexity index is 452. The van der Waals surface area contributed by atoms with Crippen LogP contribution in [0.4, 0.5) is 0 Å². The normalized spacial score (nSPS) is 42.7. The zero-order valence-corrected chi connectivity index (χ0v) is 13.6. The predicted molar refractivity (Wildman–Crippen MR) is 84.0 cm³/mol. The van der Waals surface area contributed by atoms with E-state index in [0.29, 0.717) is 12.5 Å². The van der Waals surface area contributed by atoms with Crippen LogP contribution in [0, 0.1) is 23.2 Å². The van der Waals surface area contributed by atoms with Crippen LogP contribution < -0.4 is 5.32 Å². The molecule has 2 amide bonds. The Morgan fingerprint density at radius 2 is 1.68 bits per heavy atom. The van der Waals surface area contributed by atoms with E-state index in [1.807, 2.05) is 11.8 Å². The number of carbonyl (C=O) groups excluding carboxylic acids is 2. The van der Waals surface area contributed by atoms with E-state index in [-0.39, 0.29) is 17.4 Å². The summed E-state index contributed by atoms with van der Waals surface area (Å²) in [4.78, 5) is 27.6. The Morgan fingerprint density at radius 1 is 1.09 bits per heavy atom. The summed E-state index contributed by atoms with van der Waals surface area (Å²) >= 11 is 0. The lowest BCUT2D eigenvalue weighted by Crippen LogP contribution is -2.57. The first-order chi connectivity index (χ1) is 10.6. The van der Waals surface area contributed by atoms with Gasteiger partial charge in [-0.1, -0.05) is 0 Å². The molecule has 0 unspecified atom stereocenters. The first-order valence-corrected chi connectivity index (χ1v) is 9.20. The molecule has 4 saturated carbocycles. The molecule has 122 valence electrons. The van der Waals surface area contributed by atoms with Crippen molar-refractivity contribution in [1.29, 1.82) is 0 Å². The molecule has 5 rings (SSSR count). The molecular formula is C18H28N2O2. The molecule has 4 bridgehead atoms. The number of hydrogen-bond donors (Lipinski definition) is 1. The van der Waals surface area contributed by atoms with Crippen molar-refractivity contribution in [2.24, 2.45) is 23.2 Å². The minimum atomic E-state index is -0.208. The van der Waals surface area contributed by atoms with E-state index in [1.54, 1.807) is 0 Å². The zero-order valence-electron chi connectivity index (χ0n) is 13.6. The molecule has 1 heterocycles. The lowest BCUT2D eigenvalue weighted by molar-refractivity contribution is -0.160. The first-order valence-electron chi connectivity index (χ1n) is 9.20. The molecular weight excluding hydrogens is 276 g/mol. The largest absolute Gasteiger partial charge is 0.355 e. The van der Waals surface area contributed by atoms with Crippen LogP contribution in [0.2, 0.25) is 0 Å². The van der Waals surface area contributed by atoms with Crippen molar-refractivity contribution >= 4 is 11.8 Å². The van der Waals surface area contributed by atoms with Gasteiger partial charge in [0, 0.05) is 13.1 Å². The average Bonchev–Trinajstić information content (AvgIpc) is 2.94. The van der Waals surface area contributed by atoms with E-state index in [4.69, 9.17) is 0 Å². The topological polar surface area (TPSA) is 49.4 Å². The quantitative estimate of drug-likeness (QED) is 0.870. The van der Waals surface area contributed by atoms with Crippen LogP contribution in [0.15, 0.2) is 0 Å². The van der Waals surface area contributed by atoms with Crippen LogP contribution in [0.5, 0.6) is 0 Å². The number of likely N-dealkylation sites (N-methyl/N-ethyl adjacent to an activating group) is 1. The molecule has 0 spiro atoms. The van der Waals surface area contributed by atoms with Crippen molar-refractivity contribution in [2.45, 2.75) is 64.3 Å². The maximum Gasteiger partial charge on any atom is 0.242 e. The Kier molecular flexibility index (Phi) is 3.46. The summed E-state index contributed by atoms with van der Waals surface area (Å²) in [6, 6.07) is -0.208. The van der Waals surface area contributed by atoms with Gasteiger partial charge in [0.05, 0.1) is 5.41 Å². The molecule has 4 nitrogen and oxygen atoms in total. The SMILES string of the molecule is CCNC(=O)[C@H]1CCCN1C(=O)C12CC3CC(CC(C3)C1)C2. The van der Waals surface area contributed by atoms with E-state index < -0.39 is 0 Å². The minimum Gasteiger partial charge on any atom is -0.355 e. The number of amides is 2. The smallest absolute Gasteiger partial charge is 0.242 e. The molecule has 4 aliphatic carbocycles. The molecule has 1 atom stereocenters. The summed E-state index contributed by atoms with van der Waals surface area (Å²) in [5.41, 5.74) is -0.107. The van der Waals surface area contributed by atoms with Crippen LogP contribution in [-0.4, -0.2) is 35.8 Å². The van der Waals surface area contributed by atoms with Gasteiger partial charge in [0.15, 0.2) is 0 Å². The van der Waals surface area contributed by atoms with Crippen molar-refractivity contribution in [3.05, 3.63) is 0 Å². The van der Waals surface area contributed by atoms with Gasteiger partial charge in [-0.3, -0.25) is 9.59 Å². The van der Waals surface area contributed by atoms with Gasteiger partial charge < -0.3 is 10.2 Å². The molecule has 0 aromatic rings. The number of rotatable bonds is 3. The molecule has 0 aromatic carbocycles. The van der Waals surface area contributed by atoms with E-state index >= 15 is 0 Å². The van der Waals surface area contributed by atoms with E-state index in [0.717, 1.165) is 56.4 Å². The molecule has 0 radical (unpaired) electrons. The fourth-order valence-electron chi connectivity index (χ4n) is 6.25. The predicted octanol–water partition coefficient (Wildman–Crippen LogP) is 2.33. The van der Waals surface area contributed by atoms with E-state index in [2.05, 4.69) is 5.32 Å². The third-order valence-corrected chi connectivity index (χ3v) is 6.66. The summed E-state index contributed by atoms with van der Waals surface area (Å²) in [6.45, 7) is 3.37. The molecule has 1 N–H and O–H groups in total. The molecule has 1 saturated heterocycles. The van der Waals surface area contributed by atoms with Crippen molar-refractivity contribution in [3.63, 3.8) is 0 Å². The summed E-state index contributed by atoms with van der Waals surface area (Å²) < 4.78 is 0. The number of nitrogens with one attached hydrogen (secondary N) is 1. The number of hydrogen-bond acceptors (Lipinski definition) is 2. The highest BCUT2D eigenvalue weighted by molar-refractivity contribution is 5.91. The van der Waals surface area contributed by atoms with Crippen LogP contribution in [0.3, 0.4) is 0 Å². The second-order valence-corrected chi connectivity index (χ2v) is 8.25. The van der Waals surface area contributed by atoms with Crippen LogP contribution in [0.1, 0.15) is 58.3 Å². The van der Waals surface area contributed by atoms with Crippen molar-refractivity contribution in [2.75, 3.05) is 13.1 Å². The highest BCUT2D eigenvalue weighted by Gasteiger charge is 2.56. The van der Waals surface area contributed by atoms with Crippen LogP contribution in [-0.2, 0) is 9.59 Å². The van der Waals surface area contributed by atoms with Gasteiger partial charge in [-0.25, -0.2) is 0 Å². The summed E-state index contributed by atoms with van der Waals surface area (Å²) in [5, 5.41) is 2.91. The highest BCUT2D eigenvalue weighted by Crippen LogP contribution is 2.60. The molecule has 5 aliphatic rings. The molecule has 22 heavy (non-hydrogen) atoms. The minimum absolute atomic E-state index is 0.0538. The van der Waals surface area contributed by atoms with Gasteiger partial charge in [-0.15, -0.1) is 0 Å².